The molecule has 2 atom stereocenters. The number of benzene rings is 1. The quantitative estimate of drug-likeness (QED) is 0.600. The zero-order chi connectivity index (χ0) is 20.0. The Labute approximate surface area is 157 Å². The molecule has 146 valence electrons. The zero-order valence-electron chi connectivity index (χ0n) is 17.0. The maximum Gasteiger partial charge on any atom is 0.339 e. The van der Waals surface area contributed by atoms with Crippen LogP contribution in [0.3, 0.4) is 0 Å². The van der Waals surface area contributed by atoms with Gasteiger partial charge in [-0.25, -0.2) is 4.79 Å². The first kappa shape index (κ1) is 22.0. The third-order valence-electron chi connectivity index (χ3n) is 5.17. The average molecular weight is 363 g/mol. The van der Waals surface area contributed by atoms with Gasteiger partial charge in [0.2, 0.25) is 0 Å². The second kappa shape index (κ2) is 9.06. The van der Waals surface area contributed by atoms with Crippen LogP contribution in [0.25, 0.3) is 0 Å². The van der Waals surface area contributed by atoms with Crippen LogP contribution >= 0.6 is 0 Å². The Bertz CT molecular complexity index is 610. The van der Waals surface area contributed by atoms with Crippen molar-refractivity contribution >= 4 is 17.6 Å². The van der Waals surface area contributed by atoms with E-state index in [1.807, 2.05) is 12.1 Å². The van der Waals surface area contributed by atoms with Gasteiger partial charge in [0.1, 0.15) is 0 Å². The fourth-order valence-corrected chi connectivity index (χ4v) is 2.48. The zero-order valence-corrected chi connectivity index (χ0v) is 17.0. The molecular weight excluding hydrogens is 328 g/mol. The molecule has 0 radical (unpaired) electrons. The number of anilines is 1. The highest BCUT2D eigenvalue weighted by molar-refractivity contribution is 5.93. The number of rotatable bonds is 10. The molecule has 2 unspecified atom stereocenters. The molecule has 0 fully saturated rings. The molecule has 0 saturated heterocycles. The molecule has 5 nitrogen and oxygen atoms in total. The van der Waals surface area contributed by atoms with Crippen LogP contribution in [0.15, 0.2) is 24.3 Å². The van der Waals surface area contributed by atoms with Gasteiger partial charge in [-0.3, -0.25) is 4.79 Å². The van der Waals surface area contributed by atoms with Gasteiger partial charge >= 0.3 is 5.97 Å². The number of hydrogen-bond donors (Lipinski definition) is 2. The van der Waals surface area contributed by atoms with Crippen LogP contribution in [0.4, 0.5) is 5.69 Å². The molecule has 0 aliphatic rings. The number of hydrogen-bond acceptors (Lipinski definition) is 4. The Hall–Kier alpha value is -2.04. The maximum atomic E-state index is 12.2. The Morgan fingerprint density at radius 1 is 1.15 bits per heavy atom. The highest BCUT2D eigenvalue weighted by Crippen LogP contribution is 2.26. The largest absolute Gasteiger partial charge is 0.446 e. The number of esters is 1. The lowest BCUT2D eigenvalue weighted by Crippen LogP contribution is -2.42. The van der Waals surface area contributed by atoms with Crippen LogP contribution in [-0.4, -0.2) is 23.0 Å². The number of carbonyl (C=O) groups excluding carboxylic acids is 2. The summed E-state index contributed by atoms with van der Waals surface area (Å²) in [5.41, 5.74) is 5.28. The lowest BCUT2D eigenvalue weighted by atomic mass is 9.88. The van der Waals surface area contributed by atoms with Crippen molar-refractivity contribution in [3.8, 4) is 0 Å². The molecule has 3 N–H and O–H groups in total. The summed E-state index contributed by atoms with van der Waals surface area (Å²) in [5.74, 6) is -0.520. The molecule has 0 bridgehead atoms. The molecule has 0 aromatic heterocycles. The van der Waals surface area contributed by atoms with Crippen molar-refractivity contribution in [2.45, 2.75) is 78.4 Å². The summed E-state index contributed by atoms with van der Waals surface area (Å²) in [6.07, 6.45) is 4.48. The molecule has 0 aliphatic heterocycles. The summed E-state index contributed by atoms with van der Waals surface area (Å²) in [7, 11) is 0. The normalized spacial score (nSPS) is 15.0. The lowest BCUT2D eigenvalue weighted by molar-refractivity contribution is -0.133. The highest BCUT2D eigenvalue weighted by atomic mass is 16.6. The first-order chi connectivity index (χ1) is 12.0. The third-order valence-corrected chi connectivity index (χ3v) is 5.17. The topological polar surface area (TPSA) is 81.4 Å². The van der Waals surface area contributed by atoms with Gasteiger partial charge in [0.25, 0.3) is 5.91 Å². The Kier molecular flexibility index (Phi) is 7.67. The van der Waals surface area contributed by atoms with Crippen molar-refractivity contribution in [3.63, 3.8) is 0 Å². The summed E-state index contributed by atoms with van der Waals surface area (Å²) in [6.45, 7) is 11.9. The molecule has 0 saturated carbocycles. The fraction of sp³-hybridized carbons (Fsp3) is 0.619. The van der Waals surface area contributed by atoms with Gasteiger partial charge in [0.05, 0.1) is 5.56 Å². The molecule has 5 heteroatoms. The average Bonchev–Trinajstić information content (AvgIpc) is 2.59. The minimum Gasteiger partial charge on any atom is -0.446 e. The van der Waals surface area contributed by atoms with Crippen molar-refractivity contribution in [1.82, 2.24) is 0 Å². The molecular formula is C21H34N2O3. The number of ether oxygens (including phenoxy) is 1. The van der Waals surface area contributed by atoms with E-state index in [-0.39, 0.29) is 5.54 Å². The van der Waals surface area contributed by atoms with E-state index in [1.54, 1.807) is 12.1 Å². The minimum absolute atomic E-state index is 0.0133. The van der Waals surface area contributed by atoms with Gasteiger partial charge in [-0.2, -0.15) is 0 Å². The van der Waals surface area contributed by atoms with E-state index in [4.69, 9.17) is 10.5 Å². The van der Waals surface area contributed by atoms with Gasteiger partial charge in [0.15, 0.2) is 5.60 Å². The van der Waals surface area contributed by atoms with Gasteiger partial charge < -0.3 is 15.8 Å². The van der Waals surface area contributed by atoms with Crippen LogP contribution in [0.1, 0.15) is 77.6 Å². The van der Waals surface area contributed by atoms with E-state index in [0.717, 1.165) is 18.5 Å². The van der Waals surface area contributed by atoms with Crippen molar-refractivity contribution in [2.24, 2.45) is 11.7 Å². The number of carbonyl (C=O) groups is 2. The molecule has 0 heterocycles. The van der Waals surface area contributed by atoms with Crippen LogP contribution in [0.5, 0.6) is 0 Å². The maximum absolute atomic E-state index is 12.2. The molecule has 1 rings (SSSR count). The number of nitrogens with one attached hydrogen (secondary N) is 1. The van der Waals surface area contributed by atoms with Gasteiger partial charge in [-0.1, -0.05) is 27.2 Å². The van der Waals surface area contributed by atoms with Crippen molar-refractivity contribution < 1.29 is 14.3 Å². The molecule has 1 aromatic carbocycles. The first-order valence-electron chi connectivity index (χ1n) is 9.44. The van der Waals surface area contributed by atoms with Crippen LogP contribution < -0.4 is 11.1 Å². The second-order valence-electron chi connectivity index (χ2n) is 7.93. The number of nitrogens with two attached hydrogens (primary N) is 1. The Morgan fingerprint density at radius 3 is 2.19 bits per heavy atom. The van der Waals surface area contributed by atoms with E-state index >= 15 is 0 Å². The van der Waals surface area contributed by atoms with Gasteiger partial charge in [0, 0.05) is 11.2 Å². The van der Waals surface area contributed by atoms with E-state index in [2.05, 4.69) is 33.0 Å². The predicted octanol–water partition coefficient (Wildman–Crippen LogP) is 4.51. The smallest absolute Gasteiger partial charge is 0.339 e. The van der Waals surface area contributed by atoms with Crippen molar-refractivity contribution in [3.05, 3.63) is 29.8 Å². The van der Waals surface area contributed by atoms with Gasteiger partial charge in [-0.05, 0) is 70.2 Å². The summed E-state index contributed by atoms with van der Waals surface area (Å²) >= 11 is 0. The summed E-state index contributed by atoms with van der Waals surface area (Å²) in [4.78, 5) is 23.5. The summed E-state index contributed by atoms with van der Waals surface area (Å²) in [6, 6.07) is 7.13. The van der Waals surface area contributed by atoms with E-state index in [1.165, 1.54) is 26.7 Å². The monoisotopic (exact) mass is 362 g/mol. The van der Waals surface area contributed by atoms with Gasteiger partial charge in [-0.15, -0.1) is 0 Å². The molecule has 26 heavy (non-hydrogen) atoms. The SMILES string of the molecule is CCC(C)CCC(C)(CC)Nc1ccc(C(=O)OC(C)(C)C(N)=O)cc1. The molecule has 1 amide bonds. The van der Waals surface area contributed by atoms with Crippen LogP contribution in [0.2, 0.25) is 0 Å². The van der Waals surface area contributed by atoms with Crippen molar-refractivity contribution in [1.29, 1.82) is 0 Å². The van der Waals surface area contributed by atoms with E-state index in [9.17, 15) is 9.59 Å². The molecule has 0 spiro atoms. The summed E-state index contributed by atoms with van der Waals surface area (Å²) in [5, 5.41) is 3.59. The van der Waals surface area contributed by atoms with Crippen molar-refractivity contribution in [2.75, 3.05) is 5.32 Å². The molecule has 1 aromatic rings. The molecule has 0 aliphatic carbocycles. The van der Waals surface area contributed by atoms with Crippen LogP contribution in [0, 0.1) is 5.92 Å². The standard InChI is InChI=1S/C21H34N2O3/c1-7-15(3)13-14-21(6,8-2)23-17-11-9-16(10-12-17)18(24)26-20(4,5)19(22)25/h9-12,15,23H,7-8,13-14H2,1-6H3,(H2,22,25). The predicted molar refractivity (Wildman–Crippen MR) is 106 cm³/mol. The Balaban J connectivity index is 2.77. The fourth-order valence-electron chi connectivity index (χ4n) is 2.48. The van der Waals surface area contributed by atoms with Crippen LogP contribution in [-0.2, 0) is 9.53 Å². The second-order valence-corrected chi connectivity index (χ2v) is 7.93. The van der Waals surface area contributed by atoms with E-state index in [0.29, 0.717) is 11.5 Å². The first-order valence-corrected chi connectivity index (χ1v) is 9.44. The lowest BCUT2D eigenvalue weighted by Gasteiger charge is -2.32. The third kappa shape index (κ3) is 6.36. The Morgan fingerprint density at radius 2 is 1.73 bits per heavy atom. The highest BCUT2D eigenvalue weighted by Gasteiger charge is 2.30. The summed E-state index contributed by atoms with van der Waals surface area (Å²) < 4.78 is 5.19. The minimum atomic E-state index is -1.33. The number of primary amides is 1. The number of amides is 1. The van der Waals surface area contributed by atoms with E-state index < -0.39 is 17.5 Å².